The highest BCUT2D eigenvalue weighted by Crippen LogP contribution is 2.38. The monoisotopic (exact) mass is 282 g/mol. The van der Waals surface area contributed by atoms with E-state index in [2.05, 4.69) is 32.2 Å². The number of rotatable bonds is 1. The number of ether oxygens (including phenoxy) is 1. The van der Waals surface area contributed by atoms with Crippen LogP contribution in [0.4, 0.5) is 0 Å². The number of nitrogens with zero attached hydrogens (tertiary/aromatic N) is 2. The van der Waals surface area contributed by atoms with Crippen molar-refractivity contribution in [3.8, 4) is 16.3 Å². The standard InChI is InChI=1S/C10H7BrN2OS/c11-10-13-12-9(15-10)7-3-1-2-6-4-5-14-8(6)7/h1-3H,4-5H2. The van der Waals surface area contributed by atoms with Crippen molar-refractivity contribution < 1.29 is 4.74 Å². The summed E-state index contributed by atoms with van der Waals surface area (Å²) in [6, 6.07) is 6.16. The number of halogens is 1. The van der Waals surface area contributed by atoms with E-state index in [1.165, 1.54) is 16.9 Å². The van der Waals surface area contributed by atoms with E-state index >= 15 is 0 Å². The molecule has 0 spiro atoms. The Labute approximate surface area is 99.2 Å². The second kappa shape index (κ2) is 3.57. The van der Waals surface area contributed by atoms with Crippen LogP contribution in [0.2, 0.25) is 0 Å². The summed E-state index contributed by atoms with van der Waals surface area (Å²) in [5, 5.41) is 8.96. The molecule has 0 atom stereocenters. The molecule has 0 N–H and O–H groups in total. The van der Waals surface area contributed by atoms with Gasteiger partial charge >= 0.3 is 0 Å². The predicted molar refractivity (Wildman–Crippen MR) is 62.2 cm³/mol. The molecule has 0 aliphatic carbocycles. The molecule has 1 aromatic heterocycles. The fourth-order valence-electron chi connectivity index (χ4n) is 1.70. The highest BCUT2D eigenvalue weighted by Gasteiger charge is 2.18. The largest absolute Gasteiger partial charge is 0.492 e. The highest BCUT2D eigenvalue weighted by atomic mass is 79.9. The summed E-state index contributed by atoms with van der Waals surface area (Å²) >= 11 is 4.84. The molecule has 3 rings (SSSR count). The predicted octanol–water partition coefficient (Wildman–Crippen LogP) is 2.90. The van der Waals surface area contributed by atoms with Gasteiger partial charge in [-0.2, -0.15) is 0 Å². The maximum atomic E-state index is 5.62. The van der Waals surface area contributed by atoms with Crippen molar-refractivity contribution in [1.29, 1.82) is 0 Å². The molecule has 2 heterocycles. The summed E-state index contributed by atoms with van der Waals surface area (Å²) in [4.78, 5) is 0. The van der Waals surface area contributed by atoms with Crippen LogP contribution in [0.5, 0.6) is 5.75 Å². The number of benzene rings is 1. The first kappa shape index (κ1) is 9.30. The van der Waals surface area contributed by atoms with E-state index in [1.807, 2.05) is 12.1 Å². The topological polar surface area (TPSA) is 35.0 Å². The normalized spacial score (nSPS) is 13.7. The quantitative estimate of drug-likeness (QED) is 0.807. The maximum absolute atomic E-state index is 5.62. The lowest BCUT2D eigenvalue weighted by Crippen LogP contribution is -1.88. The second-order valence-corrected chi connectivity index (χ2v) is 5.51. The van der Waals surface area contributed by atoms with E-state index in [0.29, 0.717) is 0 Å². The Balaban J connectivity index is 2.16. The lowest BCUT2D eigenvalue weighted by atomic mass is 10.1. The van der Waals surface area contributed by atoms with Gasteiger partial charge in [0.2, 0.25) is 0 Å². The summed E-state index contributed by atoms with van der Waals surface area (Å²) in [6.07, 6.45) is 0.989. The number of fused-ring (bicyclic) bond motifs is 1. The van der Waals surface area contributed by atoms with Gasteiger partial charge in [-0.3, -0.25) is 0 Å². The van der Waals surface area contributed by atoms with Gasteiger partial charge in [0.05, 0.1) is 12.2 Å². The summed E-state index contributed by atoms with van der Waals surface area (Å²) in [5.41, 5.74) is 2.31. The van der Waals surface area contributed by atoms with E-state index in [9.17, 15) is 0 Å². The molecule has 1 aliphatic rings. The summed E-state index contributed by atoms with van der Waals surface area (Å²) in [5.74, 6) is 0.973. The highest BCUT2D eigenvalue weighted by molar-refractivity contribution is 9.11. The van der Waals surface area contributed by atoms with Crippen LogP contribution in [-0.2, 0) is 6.42 Å². The molecule has 1 aliphatic heterocycles. The average molecular weight is 283 g/mol. The fourth-order valence-corrected chi connectivity index (χ4v) is 2.83. The zero-order chi connectivity index (χ0) is 10.3. The molecule has 0 bridgehead atoms. The third kappa shape index (κ3) is 1.55. The van der Waals surface area contributed by atoms with Gasteiger partial charge in [-0.15, -0.1) is 10.2 Å². The van der Waals surface area contributed by atoms with Gasteiger partial charge in [0.15, 0.2) is 8.92 Å². The molecular weight excluding hydrogens is 276 g/mol. The lowest BCUT2D eigenvalue weighted by Gasteiger charge is -2.03. The lowest BCUT2D eigenvalue weighted by molar-refractivity contribution is 0.358. The number of aromatic nitrogens is 2. The van der Waals surface area contributed by atoms with Crippen LogP contribution < -0.4 is 4.74 Å². The molecule has 0 amide bonds. The minimum atomic E-state index is 0.770. The third-order valence-electron chi connectivity index (χ3n) is 2.35. The first-order chi connectivity index (χ1) is 7.34. The molecule has 1 aromatic carbocycles. The Morgan fingerprint density at radius 1 is 1.33 bits per heavy atom. The molecule has 0 saturated carbocycles. The Morgan fingerprint density at radius 3 is 3.07 bits per heavy atom. The van der Waals surface area contributed by atoms with Crippen molar-refractivity contribution in [2.75, 3.05) is 6.61 Å². The molecule has 5 heteroatoms. The van der Waals surface area contributed by atoms with Crippen molar-refractivity contribution in [2.45, 2.75) is 6.42 Å². The van der Waals surface area contributed by atoms with Gasteiger partial charge < -0.3 is 4.74 Å². The van der Waals surface area contributed by atoms with Crippen LogP contribution in [0, 0.1) is 0 Å². The van der Waals surface area contributed by atoms with E-state index < -0.39 is 0 Å². The molecule has 0 unspecified atom stereocenters. The van der Waals surface area contributed by atoms with Crippen LogP contribution in [0.15, 0.2) is 22.1 Å². The third-order valence-corrected chi connectivity index (χ3v) is 3.73. The Kier molecular flexibility index (Phi) is 2.21. The van der Waals surface area contributed by atoms with Crippen LogP contribution >= 0.6 is 27.3 Å². The molecule has 76 valence electrons. The smallest absolute Gasteiger partial charge is 0.183 e. The van der Waals surface area contributed by atoms with Crippen molar-refractivity contribution >= 4 is 27.3 Å². The number of hydrogen-bond acceptors (Lipinski definition) is 4. The molecule has 15 heavy (non-hydrogen) atoms. The van der Waals surface area contributed by atoms with E-state index in [-0.39, 0.29) is 0 Å². The van der Waals surface area contributed by atoms with Gasteiger partial charge in [0.25, 0.3) is 0 Å². The second-order valence-electron chi connectivity index (χ2n) is 3.25. The van der Waals surface area contributed by atoms with E-state index in [4.69, 9.17) is 4.74 Å². The van der Waals surface area contributed by atoms with Gasteiger partial charge in [-0.25, -0.2) is 0 Å². The van der Waals surface area contributed by atoms with Crippen LogP contribution in [0.3, 0.4) is 0 Å². The maximum Gasteiger partial charge on any atom is 0.183 e. The van der Waals surface area contributed by atoms with Crippen molar-refractivity contribution in [2.24, 2.45) is 0 Å². The minimum Gasteiger partial charge on any atom is -0.492 e. The van der Waals surface area contributed by atoms with Gasteiger partial charge in [0.1, 0.15) is 5.75 Å². The number of hydrogen-bond donors (Lipinski definition) is 0. The molecule has 0 radical (unpaired) electrons. The molecule has 3 nitrogen and oxygen atoms in total. The van der Waals surface area contributed by atoms with Crippen molar-refractivity contribution in [1.82, 2.24) is 10.2 Å². The summed E-state index contributed by atoms with van der Waals surface area (Å²) in [6.45, 7) is 0.770. The van der Waals surface area contributed by atoms with Gasteiger partial charge in [-0.1, -0.05) is 23.5 Å². The average Bonchev–Trinajstić information content (AvgIpc) is 2.84. The zero-order valence-electron chi connectivity index (χ0n) is 7.74. The Morgan fingerprint density at radius 2 is 2.27 bits per heavy atom. The first-order valence-corrected chi connectivity index (χ1v) is 6.19. The fraction of sp³-hybridized carbons (Fsp3) is 0.200. The zero-order valence-corrected chi connectivity index (χ0v) is 10.1. The summed E-state index contributed by atoms with van der Waals surface area (Å²) < 4.78 is 6.42. The Hall–Kier alpha value is -0.940. The first-order valence-electron chi connectivity index (χ1n) is 4.58. The van der Waals surface area contributed by atoms with Crippen molar-refractivity contribution in [3.05, 3.63) is 27.7 Å². The molecular formula is C10H7BrN2OS. The molecule has 2 aromatic rings. The van der Waals surface area contributed by atoms with Gasteiger partial charge in [-0.05, 0) is 27.6 Å². The Bertz CT molecular complexity index is 512. The van der Waals surface area contributed by atoms with E-state index in [1.54, 1.807) is 0 Å². The SMILES string of the molecule is Brc1nnc(-c2cccc3c2OCC3)s1. The van der Waals surface area contributed by atoms with Crippen LogP contribution in [0.1, 0.15) is 5.56 Å². The van der Waals surface area contributed by atoms with Gasteiger partial charge in [0, 0.05) is 6.42 Å². The summed E-state index contributed by atoms with van der Waals surface area (Å²) in [7, 11) is 0. The molecule has 0 fully saturated rings. The molecule has 0 saturated heterocycles. The van der Waals surface area contributed by atoms with Crippen molar-refractivity contribution in [3.63, 3.8) is 0 Å². The van der Waals surface area contributed by atoms with Crippen LogP contribution in [0.25, 0.3) is 10.6 Å². The van der Waals surface area contributed by atoms with E-state index in [0.717, 1.165) is 33.3 Å². The minimum absolute atomic E-state index is 0.770. The van der Waals surface area contributed by atoms with Crippen LogP contribution in [-0.4, -0.2) is 16.8 Å². The number of para-hydroxylation sites is 1.